The van der Waals surface area contributed by atoms with Crippen LogP contribution < -0.4 is 9.62 Å². The molecule has 0 unspecified atom stereocenters. The average molecular weight is 667 g/mol. The highest BCUT2D eigenvalue weighted by Gasteiger charge is 2.33. The minimum Gasteiger partial charge on any atom is -0.352 e. The van der Waals surface area contributed by atoms with E-state index in [4.69, 9.17) is 23.2 Å². The van der Waals surface area contributed by atoms with Crippen LogP contribution in [0.5, 0.6) is 0 Å². The molecule has 212 valence electrons. The number of nitrogens with one attached hydrogen (secondary N) is 1. The number of sulfonamides is 1. The van der Waals surface area contributed by atoms with Crippen molar-refractivity contribution in [2.75, 3.05) is 10.8 Å². The minimum atomic E-state index is -4.20. The van der Waals surface area contributed by atoms with Crippen molar-refractivity contribution in [1.29, 1.82) is 0 Å². The molecule has 2 amide bonds. The van der Waals surface area contributed by atoms with Crippen LogP contribution in [0.4, 0.5) is 5.69 Å². The van der Waals surface area contributed by atoms with Gasteiger partial charge in [-0.2, -0.15) is 0 Å². The molecule has 7 nitrogen and oxygen atoms in total. The monoisotopic (exact) mass is 665 g/mol. The summed E-state index contributed by atoms with van der Waals surface area (Å²) >= 11 is 15.7. The molecule has 1 atom stereocenters. The minimum absolute atomic E-state index is 0.0322. The van der Waals surface area contributed by atoms with E-state index in [9.17, 15) is 18.0 Å². The van der Waals surface area contributed by atoms with E-state index in [2.05, 4.69) is 21.2 Å². The first-order chi connectivity index (χ1) is 19.0. The van der Waals surface area contributed by atoms with Gasteiger partial charge in [0.05, 0.1) is 10.6 Å². The molecule has 1 aliphatic rings. The fourth-order valence-electron chi connectivity index (χ4n) is 4.70. The Morgan fingerprint density at radius 2 is 1.65 bits per heavy atom. The highest BCUT2D eigenvalue weighted by molar-refractivity contribution is 9.10. The third-order valence-electron chi connectivity index (χ3n) is 6.89. The third-order valence-corrected chi connectivity index (χ3v) is 9.66. The van der Waals surface area contributed by atoms with Crippen LogP contribution >= 0.6 is 39.1 Å². The zero-order chi connectivity index (χ0) is 28.9. The Morgan fingerprint density at radius 3 is 2.30 bits per heavy atom. The number of hydrogen-bond acceptors (Lipinski definition) is 4. The zero-order valence-corrected chi connectivity index (χ0v) is 25.8. The molecular formula is C29H30BrCl2N3O4S. The maximum Gasteiger partial charge on any atom is 0.264 e. The molecule has 3 aromatic rings. The first-order valence-corrected chi connectivity index (χ1v) is 15.9. The molecule has 0 saturated heterocycles. The van der Waals surface area contributed by atoms with E-state index in [1.54, 1.807) is 25.1 Å². The third kappa shape index (κ3) is 7.57. The molecule has 11 heteroatoms. The number of hydrogen-bond donors (Lipinski definition) is 1. The molecular weight excluding hydrogens is 637 g/mol. The summed E-state index contributed by atoms with van der Waals surface area (Å²) < 4.78 is 29.5. The fraction of sp³-hybridized carbons (Fsp3) is 0.310. The Balaban J connectivity index is 1.69. The van der Waals surface area contributed by atoms with Crippen LogP contribution in [0, 0.1) is 0 Å². The smallest absolute Gasteiger partial charge is 0.264 e. The first kappa shape index (κ1) is 30.4. The van der Waals surface area contributed by atoms with Crippen molar-refractivity contribution in [1.82, 2.24) is 10.2 Å². The molecule has 0 spiro atoms. The number of anilines is 1. The van der Waals surface area contributed by atoms with Gasteiger partial charge in [0.1, 0.15) is 12.6 Å². The lowest BCUT2D eigenvalue weighted by Gasteiger charge is -2.32. The molecule has 0 aliphatic heterocycles. The molecule has 1 N–H and O–H groups in total. The Bertz CT molecular complexity index is 1460. The Morgan fingerprint density at radius 1 is 0.975 bits per heavy atom. The van der Waals surface area contributed by atoms with Gasteiger partial charge in [0, 0.05) is 27.1 Å². The summed E-state index contributed by atoms with van der Waals surface area (Å²) in [4.78, 5) is 28.7. The van der Waals surface area contributed by atoms with Crippen molar-refractivity contribution < 1.29 is 18.0 Å². The van der Waals surface area contributed by atoms with E-state index in [-0.39, 0.29) is 29.1 Å². The zero-order valence-electron chi connectivity index (χ0n) is 21.9. The van der Waals surface area contributed by atoms with Crippen molar-refractivity contribution in [3.05, 3.63) is 92.9 Å². The normalized spacial score (nSPS) is 14.5. The summed E-state index contributed by atoms with van der Waals surface area (Å²) in [6.45, 7) is 1.24. The Hall–Kier alpha value is -2.59. The van der Waals surface area contributed by atoms with E-state index in [0.29, 0.717) is 10.0 Å². The highest BCUT2D eigenvalue weighted by Crippen LogP contribution is 2.28. The number of carbonyl (C=O) groups excluding carboxylic acids is 2. The predicted molar refractivity (Wildman–Crippen MR) is 162 cm³/mol. The molecule has 0 heterocycles. The van der Waals surface area contributed by atoms with E-state index < -0.39 is 28.5 Å². The largest absolute Gasteiger partial charge is 0.352 e. The van der Waals surface area contributed by atoms with Gasteiger partial charge in [-0.25, -0.2) is 8.42 Å². The summed E-state index contributed by atoms with van der Waals surface area (Å²) in [5.41, 5.74) is 1.01. The summed E-state index contributed by atoms with van der Waals surface area (Å²) in [5.74, 6) is -0.809. The summed E-state index contributed by atoms with van der Waals surface area (Å²) in [5, 5.41) is 3.76. The summed E-state index contributed by atoms with van der Waals surface area (Å²) in [7, 11) is -4.20. The maximum absolute atomic E-state index is 14.0. The van der Waals surface area contributed by atoms with Gasteiger partial charge in [-0.1, -0.05) is 70.2 Å². The molecule has 1 fully saturated rings. The van der Waals surface area contributed by atoms with E-state index >= 15 is 0 Å². The van der Waals surface area contributed by atoms with Gasteiger partial charge in [0.2, 0.25) is 11.8 Å². The van der Waals surface area contributed by atoms with E-state index in [1.165, 1.54) is 35.2 Å². The van der Waals surface area contributed by atoms with Gasteiger partial charge >= 0.3 is 0 Å². The van der Waals surface area contributed by atoms with Crippen molar-refractivity contribution >= 4 is 66.7 Å². The molecule has 1 aliphatic carbocycles. The SMILES string of the molecule is C[C@@H](C(=O)NC1CCCC1)N(Cc1cccc(Br)c1)C(=O)CN(c1cccc(Cl)c1)S(=O)(=O)c1ccc(Cl)cc1. The second-order valence-electron chi connectivity index (χ2n) is 9.76. The molecule has 0 radical (unpaired) electrons. The number of nitrogens with zero attached hydrogens (tertiary/aromatic N) is 2. The molecule has 0 bridgehead atoms. The molecule has 0 aromatic heterocycles. The number of rotatable bonds is 10. The summed E-state index contributed by atoms with van der Waals surface area (Å²) in [6, 6.07) is 18.7. The van der Waals surface area contributed by atoms with Crippen LogP contribution in [0.25, 0.3) is 0 Å². The maximum atomic E-state index is 14.0. The quantitative estimate of drug-likeness (QED) is 0.270. The van der Waals surface area contributed by atoms with Crippen LogP contribution in [0.3, 0.4) is 0 Å². The number of carbonyl (C=O) groups is 2. The van der Waals surface area contributed by atoms with Gasteiger partial charge in [-0.15, -0.1) is 0 Å². The molecule has 40 heavy (non-hydrogen) atoms. The van der Waals surface area contributed by atoms with Crippen LogP contribution in [0.1, 0.15) is 38.2 Å². The Labute approximate surface area is 253 Å². The van der Waals surface area contributed by atoms with E-state index in [1.807, 2.05) is 24.3 Å². The Kier molecular flexibility index (Phi) is 10.2. The topological polar surface area (TPSA) is 86.8 Å². The lowest BCUT2D eigenvalue weighted by Crippen LogP contribution is -2.52. The lowest BCUT2D eigenvalue weighted by atomic mass is 10.1. The van der Waals surface area contributed by atoms with Gasteiger partial charge in [0.25, 0.3) is 10.0 Å². The molecule has 4 rings (SSSR count). The van der Waals surface area contributed by atoms with Gasteiger partial charge < -0.3 is 10.2 Å². The predicted octanol–water partition coefficient (Wildman–Crippen LogP) is 6.43. The number of halogens is 3. The second-order valence-corrected chi connectivity index (χ2v) is 13.4. The summed E-state index contributed by atoms with van der Waals surface area (Å²) in [6.07, 6.45) is 3.91. The van der Waals surface area contributed by atoms with Gasteiger partial charge in [-0.3, -0.25) is 13.9 Å². The standard InChI is InChI=1S/C29H30BrCl2N3O4S/c1-20(29(37)33-25-9-2-3-10-25)34(18-21-6-4-7-22(30)16-21)28(36)19-35(26-11-5-8-24(32)17-26)40(38,39)27-14-12-23(31)13-15-27/h4-8,11-17,20,25H,2-3,9-10,18-19H2,1H3,(H,33,37)/t20-/m0/s1. The van der Waals surface area contributed by atoms with Crippen LogP contribution in [0.15, 0.2) is 82.2 Å². The lowest BCUT2D eigenvalue weighted by molar-refractivity contribution is -0.139. The number of amides is 2. The van der Waals surface area contributed by atoms with Gasteiger partial charge in [0.15, 0.2) is 0 Å². The van der Waals surface area contributed by atoms with Crippen LogP contribution in [0.2, 0.25) is 10.0 Å². The fourth-order valence-corrected chi connectivity index (χ4v) is 6.86. The van der Waals surface area contributed by atoms with Crippen LogP contribution in [-0.2, 0) is 26.2 Å². The van der Waals surface area contributed by atoms with Crippen molar-refractivity contribution in [2.24, 2.45) is 0 Å². The van der Waals surface area contributed by atoms with E-state index in [0.717, 1.165) is 40.0 Å². The number of benzene rings is 3. The molecule has 1 saturated carbocycles. The van der Waals surface area contributed by atoms with Crippen LogP contribution in [-0.4, -0.2) is 43.8 Å². The van der Waals surface area contributed by atoms with Crippen molar-refractivity contribution in [2.45, 2.75) is 56.1 Å². The highest BCUT2D eigenvalue weighted by atomic mass is 79.9. The average Bonchev–Trinajstić information content (AvgIpc) is 3.43. The van der Waals surface area contributed by atoms with Crippen molar-refractivity contribution in [3.8, 4) is 0 Å². The van der Waals surface area contributed by atoms with Crippen molar-refractivity contribution in [3.63, 3.8) is 0 Å². The molecule has 3 aromatic carbocycles. The second kappa shape index (κ2) is 13.4. The first-order valence-electron chi connectivity index (χ1n) is 12.9. The van der Waals surface area contributed by atoms with Gasteiger partial charge in [-0.05, 0) is 79.9 Å².